The number of morpholine rings is 1. The molecule has 7 heteroatoms. The van der Waals surface area contributed by atoms with Gasteiger partial charge in [-0.05, 0) is 12.1 Å². The van der Waals surface area contributed by atoms with Gasteiger partial charge in [-0.1, -0.05) is 0 Å². The summed E-state index contributed by atoms with van der Waals surface area (Å²) in [5.74, 6) is 2.48. The van der Waals surface area contributed by atoms with Crippen LogP contribution >= 0.6 is 0 Å². The maximum absolute atomic E-state index is 5.34. The Bertz CT molecular complexity index is 555. The van der Waals surface area contributed by atoms with Crippen LogP contribution < -0.4 is 10.6 Å². The Hall–Kier alpha value is -2.12. The first-order valence-electron chi connectivity index (χ1n) is 7.52. The van der Waals surface area contributed by atoms with Gasteiger partial charge in [-0.2, -0.15) is 0 Å². The predicted molar refractivity (Wildman–Crippen MR) is 83.8 cm³/mol. The van der Waals surface area contributed by atoms with Crippen molar-refractivity contribution in [3.8, 4) is 0 Å². The Labute approximate surface area is 129 Å². The van der Waals surface area contributed by atoms with E-state index in [9.17, 15) is 0 Å². The van der Waals surface area contributed by atoms with Crippen LogP contribution in [0.1, 0.15) is 5.76 Å². The quantitative estimate of drug-likeness (QED) is 0.801. The highest BCUT2D eigenvalue weighted by Crippen LogP contribution is 2.10. The van der Waals surface area contributed by atoms with E-state index in [0.717, 1.165) is 56.8 Å². The molecule has 1 aliphatic rings. The summed E-state index contributed by atoms with van der Waals surface area (Å²) in [5.41, 5.74) is 0. The molecule has 2 aromatic heterocycles. The van der Waals surface area contributed by atoms with Crippen molar-refractivity contribution >= 4 is 11.6 Å². The van der Waals surface area contributed by atoms with Crippen molar-refractivity contribution in [2.75, 3.05) is 50.0 Å². The van der Waals surface area contributed by atoms with Gasteiger partial charge in [0.15, 0.2) is 0 Å². The second-order valence-corrected chi connectivity index (χ2v) is 5.10. The molecule has 3 heterocycles. The van der Waals surface area contributed by atoms with Crippen LogP contribution in [0.2, 0.25) is 0 Å². The van der Waals surface area contributed by atoms with Gasteiger partial charge < -0.3 is 19.8 Å². The molecule has 0 amide bonds. The summed E-state index contributed by atoms with van der Waals surface area (Å²) in [6.45, 7) is 6.11. The normalized spacial score (nSPS) is 15.6. The maximum Gasteiger partial charge on any atom is 0.131 e. The van der Waals surface area contributed by atoms with Crippen LogP contribution in [-0.4, -0.2) is 54.3 Å². The van der Waals surface area contributed by atoms with E-state index >= 15 is 0 Å². The fraction of sp³-hybridized carbons (Fsp3) is 0.467. The second-order valence-electron chi connectivity index (χ2n) is 5.10. The number of ether oxygens (including phenoxy) is 1. The standard InChI is InChI=1S/C15H21N5O2/c1-2-13(22-7-1)11-17-15-10-14(18-12-19-15)16-3-4-20-5-8-21-9-6-20/h1-2,7,10,12H,3-6,8-9,11H2,(H2,16,17,18,19). The first kappa shape index (κ1) is 14.8. The van der Waals surface area contributed by atoms with Gasteiger partial charge >= 0.3 is 0 Å². The number of aromatic nitrogens is 2. The summed E-state index contributed by atoms with van der Waals surface area (Å²) in [4.78, 5) is 10.8. The number of furan rings is 1. The van der Waals surface area contributed by atoms with Crippen molar-refractivity contribution in [1.29, 1.82) is 0 Å². The van der Waals surface area contributed by atoms with Crippen LogP contribution in [0.3, 0.4) is 0 Å². The Morgan fingerprint density at radius 3 is 2.73 bits per heavy atom. The van der Waals surface area contributed by atoms with Gasteiger partial charge in [0.2, 0.25) is 0 Å². The third-order valence-corrected chi connectivity index (χ3v) is 3.53. The summed E-state index contributed by atoms with van der Waals surface area (Å²) in [7, 11) is 0. The summed E-state index contributed by atoms with van der Waals surface area (Å²) in [6.07, 6.45) is 3.22. The molecular formula is C15H21N5O2. The van der Waals surface area contributed by atoms with E-state index in [2.05, 4.69) is 25.5 Å². The zero-order valence-corrected chi connectivity index (χ0v) is 12.5. The predicted octanol–water partition coefficient (Wildman–Crippen LogP) is 1.43. The number of nitrogens with zero attached hydrogens (tertiary/aromatic N) is 3. The van der Waals surface area contributed by atoms with Crippen LogP contribution in [0.5, 0.6) is 0 Å². The van der Waals surface area contributed by atoms with Gasteiger partial charge in [0, 0.05) is 32.2 Å². The van der Waals surface area contributed by atoms with Crippen molar-refractivity contribution in [2.24, 2.45) is 0 Å². The zero-order chi connectivity index (χ0) is 15.0. The molecule has 3 rings (SSSR count). The lowest BCUT2D eigenvalue weighted by molar-refractivity contribution is 0.0398. The maximum atomic E-state index is 5.34. The first-order valence-corrected chi connectivity index (χ1v) is 7.52. The molecule has 1 saturated heterocycles. The van der Waals surface area contributed by atoms with Crippen molar-refractivity contribution in [2.45, 2.75) is 6.54 Å². The average Bonchev–Trinajstić information content (AvgIpc) is 3.08. The Kier molecular flexibility index (Phi) is 5.22. The van der Waals surface area contributed by atoms with Crippen molar-refractivity contribution in [3.05, 3.63) is 36.5 Å². The van der Waals surface area contributed by atoms with Gasteiger partial charge in [-0.15, -0.1) is 0 Å². The largest absolute Gasteiger partial charge is 0.467 e. The van der Waals surface area contributed by atoms with Gasteiger partial charge in [-0.25, -0.2) is 9.97 Å². The molecule has 0 saturated carbocycles. The smallest absolute Gasteiger partial charge is 0.131 e. The Morgan fingerprint density at radius 2 is 1.95 bits per heavy atom. The highest BCUT2D eigenvalue weighted by molar-refractivity contribution is 5.46. The molecular weight excluding hydrogens is 282 g/mol. The minimum atomic E-state index is 0.608. The third kappa shape index (κ3) is 4.44. The zero-order valence-electron chi connectivity index (χ0n) is 12.5. The fourth-order valence-corrected chi connectivity index (χ4v) is 2.31. The molecule has 0 atom stereocenters. The Balaban J connectivity index is 1.44. The van der Waals surface area contributed by atoms with Crippen molar-refractivity contribution < 1.29 is 9.15 Å². The summed E-state index contributed by atoms with van der Waals surface area (Å²) < 4.78 is 10.6. The molecule has 0 radical (unpaired) electrons. The first-order chi connectivity index (χ1) is 10.9. The monoisotopic (exact) mass is 303 g/mol. The van der Waals surface area contributed by atoms with Crippen LogP contribution in [0.15, 0.2) is 35.2 Å². The SMILES string of the molecule is c1coc(CNc2cc(NCCN3CCOCC3)ncn2)c1. The van der Waals surface area contributed by atoms with E-state index in [1.165, 1.54) is 0 Å². The van der Waals surface area contributed by atoms with Crippen LogP contribution in [0, 0.1) is 0 Å². The topological polar surface area (TPSA) is 75.5 Å². The van der Waals surface area contributed by atoms with Crippen LogP contribution in [0.4, 0.5) is 11.6 Å². The highest BCUT2D eigenvalue weighted by Gasteiger charge is 2.09. The number of hydrogen-bond acceptors (Lipinski definition) is 7. The molecule has 7 nitrogen and oxygen atoms in total. The lowest BCUT2D eigenvalue weighted by atomic mass is 10.4. The molecule has 118 valence electrons. The van der Waals surface area contributed by atoms with E-state index in [-0.39, 0.29) is 0 Å². The van der Waals surface area contributed by atoms with Crippen LogP contribution in [-0.2, 0) is 11.3 Å². The minimum Gasteiger partial charge on any atom is -0.467 e. The average molecular weight is 303 g/mol. The molecule has 2 N–H and O–H groups in total. The minimum absolute atomic E-state index is 0.608. The fourth-order valence-electron chi connectivity index (χ4n) is 2.31. The van der Waals surface area contributed by atoms with Gasteiger partial charge in [0.1, 0.15) is 23.7 Å². The molecule has 2 aromatic rings. The van der Waals surface area contributed by atoms with Crippen LogP contribution in [0.25, 0.3) is 0 Å². The number of anilines is 2. The summed E-state index contributed by atoms with van der Waals surface area (Å²) in [6, 6.07) is 5.70. The lowest BCUT2D eigenvalue weighted by Gasteiger charge is -2.26. The molecule has 22 heavy (non-hydrogen) atoms. The lowest BCUT2D eigenvalue weighted by Crippen LogP contribution is -2.39. The molecule has 0 unspecified atom stereocenters. The Morgan fingerprint density at radius 1 is 1.14 bits per heavy atom. The molecule has 0 bridgehead atoms. The highest BCUT2D eigenvalue weighted by atomic mass is 16.5. The van der Waals surface area contributed by atoms with Gasteiger partial charge in [0.05, 0.1) is 26.0 Å². The van der Waals surface area contributed by atoms with E-state index in [1.54, 1.807) is 12.6 Å². The van der Waals surface area contributed by atoms with Gasteiger partial charge in [-0.3, -0.25) is 4.90 Å². The summed E-state index contributed by atoms with van der Waals surface area (Å²) in [5, 5.41) is 6.54. The third-order valence-electron chi connectivity index (χ3n) is 3.53. The van der Waals surface area contributed by atoms with E-state index in [4.69, 9.17) is 9.15 Å². The molecule has 0 aliphatic carbocycles. The number of rotatable bonds is 7. The van der Waals surface area contributed by atoms with E-state index in [1.807, 2.05) is 18.2 Å². The van der Waals surface area contributed by atoms with E-state index < -0.39 is 0 Å². The molecule has 1 aliphatic heterocycles. The molecule has 0 spiro atoms. The van der Waals surface area contributed by atoms with Crippen molar-refractivity contribution in [1.82, 2.24) is 14.9 Å². The molecule has 0 aromatic carbocycles. The number of nitrogens with one attached hydrogen (secondary N) is 2. The van der Waals surface area contributed by atoms with Gasteiger partial charge in [0.25, 0.3) is 0 Å². The number of hydrogen-bond donors (Lipinski definition) is 2. The van der Waals surface area contributed by atoms with E-state index in [0.29, 0.717) is 6.54 Å². The summed E-state index contributed by atoms with van der Waals surface area (Å²) >= 11 is 0. The molecule has 1 fully saturated rings. The van der Waals surface area contributed by atoms with Crippen molar-refractivity contribution in [3.63, 3.8) is 0 Å². The second kappa shape index (κ2) is 7.77.